The topological polar surface area (TPSA) is 46.5 Å². The Morgan fingerprint density at radius 1 is 1.89 bits per heavy atom. The maximum Gasteiger partial charge on any atom is 0.234 e. The van der Waals surface area contributed by atoms with E-state index < -0.39 is 6.10 Å². The predicted molar refractivity (Wildman–Crippen MR) is 32.7 cm³/mol. The normalized spacial score (nSPS) is 12.6. The predicted octanol–water partition coefficient (Wildman–Crippen LogP) is -0.340. The summed E-state index contributed by atoms with van der Waals surface area (Å²) in [4.78, 5) is 9.84. The summed E-state index contributed by atoms with van der Waals surface area (Å²) in [6, 6.07) is 0. The molecular weight excluding hydrogens is 120 g/mol. The molecule has 9 heavy (non-hydrogen) atoms. The molecule has 0 aromatic rings. The molecule has 0 bridgehead atoms. The van der Waals surface area contributed by atoms with Crippen molar-refractivity contribution in [2.75, 3.05) is 13.2 Å². The van der Waals surface area contributed by atoms with E-state index >= 15 is 0 Å². The van der Waals surface area contributed by atoms with E-state index in [-0.39, 0.29) is 13.2 Å². The van der Waals surface area contributed by atoms with E-state index in [2.05, 4.69) is 6.58 Å². The van der Waals surface area contributed by atoms with E-state index in [0.29, 0.717) is 0 Å². The van der Waals surface area contributed by atoms with Gasteiger partial charge < -0.3 is 9.84 Å². The Labute approximate surface area is 53.9 Å². The Hall–Kier alpha value is -0.670. The van der Waals surface area contributed by atoms with Gasteiger partial charge in [-0.05, 0) is 0 Å². The summed E-state index contributed by atoms with van der Waals surface area (Å²) in [6.07, 6.45) is 2.21. The van der Waals surface area contributed by atoms with Gasteiger partial charge in [0.05, 0.1) is 13.2 Å². The lowest BCUT2D eigenvalue weighted by Gasteiger charge is -2.02. The molecule has 1 unspecified atom stereocenters. The van der Waals surface area contributed by atoms with Gasteiger partial charge in [-0.2, -0.15) is 0 Å². The molecule has 3 heteroatoms. The summed E-state index contributed by atoms with van der Waals surface area (Å²) in [7, 11) is 0. The molecule has 0 spiro atoms. The summed E-state index contributed by atoms with van der Waals surface area (Å²) in [6.45, 7) is 3.37. The third kappa shape index (κ3) is 3.88. The van der Waals surface area contributed by atoms with Gasteiger partial charge in [-0.15, -0.1) is 6.58 Å². The van der Waals surface area contributed by atoms with Crippen LogP contribution in [0.1, 0.15) is 0 Å². The van der Waals surface area contributed by atoms with Crippen LogP contribution in [0.3, 0.4) is 0 Å². The lowest BCUT2D eigenvalue weighted by Crippen LogP contribution is -2.13. The number of ether oxygens (including phenoxy) is 1. The van der Waals surface area contributed by atoms with Crippen LogP contribution < -0.4 is 0 Å². The summed E-state index contributed by atoms with van der Waals surface area (Å²) >= 11 is 0. The highest BCUT2D eigenvalue weighted by molar-refractivity contribution is 5.59. The fourth-order valence-electron chi connectivity index (χ4n) is 0.330. The monoisotopic (exact) mass is 129 g/mol. The molecule has 1 atom stereocenters. The maximum absolute atomic E-state index is 9.84. The van der Waals surface area contributed by atoms with Crippen LogP contribution in [0.15, 0.2) is 12.7 Å². The van der Waals surface area contributed by atoms with Crippen LogP contribution in [0.5, 0.6) is 0 Å². The first kappa shape index (κ1) is 8.33. The van der Waals surface area contributed by atoms with Crippen LogP contribution in [0.25, 0.3) is 0 Å². The van der Waals surface area contributed by atoms with Gasteiger partial charge in [0.15, 0.2) is 0 Å². The van der Waals surface area contributed by atoms with Crippen LogP contribution in [0.4, 0.5) is 0 Å². The van der Waals surface area contributed by atoms with Crippen molar-refractivity contribution in [3.05, 3.63) is 12.7 Å². The molecule has 0 aromatic carbocycles. The Kier molecular flexibility index (Phi) is 5.06. The van der Waals surface area contributed by atoms with Crippen molar-refractivity contribution in [2.45, 2.75) is 6.10 Å². The van der Waals surface area contributed by atoms with Gasteiger partial charge in [-0.3, -0.25) is 4.79 Å². The molecule has 0 saturated carbocycles. The second-order valence-corrected chi connectivity index (χ2v) is 1.37. The van der Waals surface area contributed by atoms with Crippen LogP contribution in [-0.2, 0) is 9.53 Å². The van der Waals surface area contributed by atoms with Crippen molar-refractivity contribution in [3.63, 3.8) is 0 Å². The zero-order valence-corrected chi connectivity index (χ0v) is 5.04. The van der Waals surface area contributed by atoms with E-state index in [1.807, 2.05) is 0 Å². The lowest BCUT2D eigenvalue weighted by atomic mass is 10.4. The minimum Gasteiger partial charge on any atom is -0.394 e. The first-order chi connectivity index (χ1) is 4.35. The largest absolute Gasteiger partial charge is 0.394 e. The van der Waals surface area contributed by atoms with Gasteiger partial charge in [-0.25, -0.2) is 0 Å². The third-order valence-corrected chi connectivity index (χ3v) is 0.719. The zero-order valence-electron chi connectivity index (χ0n) is 5.04. The van der Waals surface area contributed by atoms with Crippen molar-refractivity contribution >= 4 is 6.29 Å². The van der Waals surface area contributed by atoms with E-state index in [9.17, 15) is 4.79 Å². The molecule has 51 valence electrons. The van der Waals surface area contributed by atoms with Crippen molar-refractivity contribution in [2.24, 2.45) is 0 Å². The molecule has 0 heterocycles. The van der Waals surface area contributed by atoms with E-state index in [1.165, 1.54) is 6.08 Å². The third-order valence-electron chi connectivity index (χ3n) is 0.719. The summed E-state index contributed by atoms with van der Waals surface area (Å²) < 4.78 is 4.70. The number of hydrogen-bond donors (Lipinski definition) is 1. The number of hydrogen-bond acceptors (Lipinski definition) is 3. The lowest BCUT2D eigenvalue weighted by molar-refractivity contribution is 0.0850. The average Bonchev–Trinajstić information content (AvgIpc) is 1.91. The molecule has 0 fully saturated rings. The zero-order chi connectivity index (χ0) is 7.11. The van der Waals surface area contributed by atoms with Gasteiger partial charge in [0.2, 0.25) is 6.29 Å². The molecular formula is C6H9O3. The smallest absolute Gasteiger partial charge is 0.234 e. The Balaban J connectivity index is 3.30. The second-order valence-electron chi connectivity index (χ2n) is 1.37. The first-order valence-electron chi connectivity index (χ1n) is 2.57. The maximum atomic E-state index is 9.84. The molecule has 3 nitrogen and oxygen atoms in total. The SMILES string of the molecule is C=CC([C]=O)OCCO. The van der Waals surface area contributed by atoms with Crippen LogP contribution in [0, 0.1) is 0 Å². The summed E-state index contributed by atoms with van der Waals surface area (Å²) in [5.74, 6) is 0. The highest BCUT2D eigenvalue weighted by atomic mass is 16.5. The number of rotatable bonds is 5. The van der Waals surface area contributed by atoms with Crippen molar-refractivity contribution < 1.29 is 14.6 Å². The molecule has 0 amide bonds. The fourth-order valence-corrected chi connectivity index (χ4v) is 0.330. The van der Waals surface area contributed by atoms with E-state index in [0.717, 1.165) is 0 Å². The van der Waals surface area contributed by atoms with Gasteiger partial charge >= 0.3 is 0 Å². The molecule has 0 saturated heterocycles. The molecule has 1 N–H and O–H groups in total. The van der Waals surface area contributed by atoms with E-state index in [4.69, 9.17) is 9.84 Å². The number of aliphatic hydroxyl groups is 1. The quantitative estimate of drug-likeness (QED) is 0.516. The van der Waals surface area contributed by atoms with Crippen molar-refractivity contribution in [1.29, 1.82) is 0 Å². The Morgan fingerprint density at radius 2 is 2.56 bits per heavy atom. The van der Waals surface area contributed by atoms with Crippen LogP contribution in [0.2, 0.25) is 0 Å². The minimum absolute atomic E-state index is 0.0913. The molecule has 0 aliphatic rings. The fraction of sp³-hybridized carbons (Fsp3) is 0.500. The molecule has 1 radical (unpaired) electrons. The standard InChI is InChI=1S/C6H9O3/c1-2-6(5-8)9-4-3-7/h2,6-7H,1,3-4H2. The Morgan fingerprint density at radius 3 is 2.89 bits per heavy atom. The van der Waals surface area contributed by atoms with Gasteiger partial charge in [0, 0.05) is 0 Å². The van der Waals surface area contributed by atoms with Crippen molar-refractivity contribution in [3.8, 4) is 0 Å². The highest BCUT2D eigenvalue weighted by Gasteiger charge is 1.99. The van der Waals surface area contributed by atoms with Crippen LogP contribution in [-0.4, -0.2) is 30.7 Å². The summed E-state index contributed by atoms with van der Waals surface area (Å²) in [5.41, 5.74) is 0. The Bertz CT molecular complexity index is 82.3. The highest BCUT2D eigenvalue weighted by Crippen LogP contribution is 1.86. The molecule has 0 aliphatic heterocycles. The number of carbonyl (C=O) groups excluding carboxylic acids is 1. The van der Waals surface area contributed by atoms with Crippen molar-refractivity contribution in [1.82, 2.24) is 0 Å². The molecule has 0 rings (SSSR count). The molecule has 0 aromatic heterocycles. The number of aliphatic hydroxyl groups excluding tert-OH is 1. The summed E-state index contributed by atoms with van der Waals surface area (Å²) in [5, 5.41) is 8.22. The molecule has 0 aliphatic carbocycles. The minimum atomic E-state index is -0.697. The second kappa shape index (κ2) is 5.47. The van der Waals surface area contributed by atoms with Gasteiger partial charge in [0.1, 0.15) is 6.10 Å². The van der Waals surface area contributed by atoms with E-state index in [1.54, 1.807) is 6.29 Å². The average molecular weight is 129 g/mol. The van der Waals surface area contributed by atoms with Crippen LogP contribution >= 0.6 is 0 Å². The first-order valence-corrected chi connectivity index (χ1v) is 2.57. The van der Waals surface area contributed by atoms with Gasteiger partial charge in [0.25, 0.3) is 0 Å². The van der Waals surface area contributed by atoms with Gasteiger partial charge in [-0.1, -0.05) is 6.08 Å².